The molecule has 1 aliphatic heterocycles. The lowest BCUT2D eigenvalue weighted by molar-refractivity contribution is -0.134. The Balaban J connectivity index is 1.61. The van der Waals surface area contributed by atoms with Crippen LogP contribution in [0.2, 0.25) is 0 Å². The van der Waals surface area contributed by atoms with Crippen molar-refractivity contribution in [2.45, 2.75) is 39.4 Å². The van der Waals surface area contributed by atoms with E-state index in [1.807, 2.05) is 17.0 Å². The van der Waals surface area contributed by atoms with Crippen molar-refractivity contribution in [1.82, 2.24) is 14.7 Å². The van der Waals surface area contributed by atoms with E-state index in [2.05, 4.69) is 72.2 Å². The third kappa shape index (κ3) is 5.91. The Morgan fingerprint density at radius 1 is 0.893 bits per heavy atom. The molecule has 0 spiro atoms. The normalized spacial score (nSPS) is 16.3. The van der Waals surface area contributed by atoms with Crippen LogP contribution in [0.3, 0.4) is 0 Å². The van der Waals surface area contributed by atoms with Crippen LogP contribution in [-0.2, 0) is 17.9 Å². The van der Waals surface area contributed by atoms with Crippen molar-refractivity contribution >= 4 is 5.91 Å². The zero-order valence-electron chi connectivity index (χ0n) is 17.3. The average Bonchev–Trinajstić information content (AvgIpc) is 2.74. The van der Waals surface area contributed by atoms with E-state index < -0.39 is 0 Å². The fraction of sp³-hybridized carbons (Fsp3) is 0.458. The molecule has 1 heterocycles. The van der Waals surface area contributed by atoms with Crippen molar-refractivity contribution in [1.29, 1.82) is 0 Å². The van der Waals surface area contributed by atoms with Gasteiger partial charge in [-0.25, -0.2) is 0 Å². The minimum atomic E-state index is 0.246. The van der Waals surface area contributed by atoms with E-state index in [9.17, 15) is 4.79 Å². The molecule has 0 N–H and O–H groups in total. The van der Waals surface area contributed by atoms with E-state index in [4.69, 9.17) is 0 Å². The molecule has 2 aromatic carbocycles. The predicted octanol–water partition coefficient (Wildman–Crippen LogP) is 3.63. The monoisotopic (exact) mass is 379 g/mol. The zero-order chi connectivity index (χ0) is 19.8. The molecule has 2 aromatic rings. The summed E-state index contributed by atoms with van der Waals surface area (Å²) in [7, 11) is 0. The molecule has 0 aromatic heterocycles. The van der Waals surface area contributed by atoms with E-state index >= 15 is 0 Å². The predicted molar refractivity (Wildman–Crippen MR) is 115 cm³/mol. The lowest BCUT2D eigenvalue weighted by Crippen LogP contribution is -2.53. The van der Waals surface area contributed by atoms with Gasteiger partial charge in [0.25, 0.3) is 0 Å². The zero-order valence-corrected chi connectivity index (χ0v) is 17.3. The minimum Gasteiger partial charge on any atom is -0.339 e. The number of carbonyl (C=O) groups excluding carboxylic acids is 1. The first-order valence-electron chi connectivity index (χ1n) is 10.5. The third-order valence-corrected chi connectivity index (χ3v) is 5.74. The second-order valence-corrected chi connectivity index (χ2v) is 7.79. The molecule has 1 fully saturated rings. The van der Waals surface area contributed by atoms with Gasteiger partial charge >= 0.3 is 0 Å². The fourth-order valence-corrected chi connectivity index (χ4v) is 3.81. The van der Waals surface area contributed by atoms with Crippen molar-refractivity contribution in [2.24, 2.45) is 0 Å². The van der Waals surface area contributed by atoms with Gasteiger partial charge in [0.15, 0.2) is 0 Å². The summed E-state index contributed by atoms with van der Waals surface area (Å²) in [6.45, 7) is 10.2. The summed E-state index contributed by atoms with van der Waals surface area (Å²) in [6.07, 6.45) is 1.16. The first kappa shape index (κ1) is 20.6. The first-order valence-corrected chi connectivity index (χ1v) is 10.5. The van der Waals surface area contributed by atoms with E-state index in [1.165, 1.54) is 11.1 Å². The standard InChI is InChI=1S/C24H33N3O/c1-3-21(2)26-14-16-27(17-15-26)24(28)20-25(18-22-10-6-4-7-11-22)19-23-12-8-5-9-13-23/h4-13,21H,3,14-20H2,1-2H3. The maximum Gasteiger partial charge on any atom is 0.236 e. The van der Waals surface area contributed by atoms with Crippen LogP contribution >= 0.6 is 0 Å². The molecular weight excluding hydrogens is 346 g/mol. The van der Waals surface area contributed by atoms with Gasteiger partial charge in [0.2, 0.25) is 5.91 Å². The van der Waals surface area contributed by atoms with Crippen molar-refractivity contribution in [3.63, 3.8) is 0 Å². The summed E-state index contributed by atoms with van der Waals surface area (Å²) in [5, 5.41) is 0. The van der Waals surface area contributed by atoms with Gasteiger partial charge in [-0.1, -0.05) is 67.6 Å². The van der Waals surface area contributed by atoms with Crippen molar-refractivity contribution < 1.29 is 4.79 Å². The number of hydrogen-bond donors (Lipinski definition) is 0. The molecule has 28 heavy (non-hydrogen) atoms. The van der Waals surface area contributed by atoms with E-state index in [0.29, 0.717) is 12.6 Å². The molecular formula is C24H33N3O. The Labute approximate surface area is 169 Å². The Hall–Kier alpha value is -2.17. The van der Waals surface area contributed by atoms with Crippen LogP contribution in [0.15, 0.2) is 60.7 Å². The number of carbonyl (C=O) groups is 1. The third-order valence-electron chi connectivity index (χ3n) is 5.74. The number of benzene rings is 2. The van der Waals surface area contributed by atoms with E-state index in [1.54, 1.807) is 0 Å². The molecule has 3 rings (SSSR count). The Kier molecular flexibility index (Phi) is 7.63. The van der Waals surface area contributed by atoms with Gasteiger partial charge in [0.05, 0.1) is 6.54 Å². The molecule has 4 heteroatoms. The smallest absolute Gasteiger partial charge is 0.236 e. The highest BCUT2D eigenvalue weighted by Crippen LogP contribution is 2.13. The lowest BCUT2D eigenvalue weighted by Gasteiger charge is -2.38. The van der Waals surface area contributed by atoms with Gasteiger partial charge in [0, 0.05) is 45.3 Å². The molecule has 1 saturated heterocycles. The highest BCUT2D eigenvalue weighted by atomic mass is 16.2. The molecule has 1 amide bonds. The van der Waals surface area contributed by atoms with Gasteiger partial charge in [0.1, 0.15) is 0 Å². The molecule has 1 unspecified atom stereocenters. The molecule has 150 valence electrons. The summed E-state index contributed by atoms with van der Waals surface area (Å²) >= 11 is 0. The number of piperazine rings is 1. The molecule has 1 atom stereocenters. The van der Waals surface area contributed by atoms with Gasteiger partial charge in [-0.2, -0.15) is 0 Å². The first-order chi connectivity index (χ1) is 13.7. The number of amides is 1. The van der Waals surface area contributed by atoms with Gasteiger partial charge in [-0.3, -0.25) is 14.6 Å². The maximum atomic E-state index is 13.0. The largest absolute Gasteiger partial charge is 0.339 e. The summed E-state index contributed by atoms with van der Waals surface area (Å²) in [4.78, 5) is 19.8. The van der Waals surface area contributed by atoms with Crippen LogP contribution in [0.25, 0.3) is 0 Å². The van der Waals surface area contributed by atoms with Crippen LogP contribution < -0.4 is 0 Å². The van der Waals surface area contributed by atoms with Crippen molar-refractivity contribution in [3.8, 4) is 0 Å². The second-order valence-electron chi connectivity index (χ2n) is 7.79. The summed E-state index contributed by atoms with van der Waals surface area (Å²) in [5.41, 5.74) is 2.49. The van der Waals surface area contributed by atoms with Gasteiger partial charge in [-0.05, 0) is 24.5 Å². The SMILES string of the molecule is CCC(C)N1CCN(C(=O)CN(Cc2ccccc2)Cc2ccccc2)CC1. The quantitative estimate of drug-likeness (QED) is 0.701. The van der Waals surface area contributed by atoms with E-state index in [-0.39, 0.29) is 5.91 Å². The second kappa shape index (κ2) is 10.4. The van der Waals surface area contributed by atoms with Crippen LogP contribution in [0.4, 0.5) is 0 Å². The topological polar surface area (TPSA) is 26.8 Å². The van der Waals surface area contributed by atoms with Crippen molar-refractivity contribution in [3.05, 3.63) is 71.8 Å². The Morgan fingerprint density at radius 2 is 1.39 bits per heavy atom. The molecule has 0 bridgehead atoms. The summed E-state index contributed by atoms with van der Waals surface area (Å²) in [6, 6.07) is 21.4. The molecule has 0 radical (unpaired) electrons. The minimum absolute atomic E-state index is 0.246. The van der Waals surface area contributed by atoms with Crippen molar-refractivity contribution in [2.75, 3.05) is 32.7 Å². The van der Waals surface area contributed by atoms with Gasteiger partial charge in [-0.15, -0.1) is 0 Å². The van der Waals surface area contributed by atoms with Crippen LogP contribution in [0.1, 0.15) is 31.4 Å². The molecule has 0 aliphatic carbocycles. The van der Waals surface area contributed by atoms with Crippen LogP contribution in [0.5, 0.6) is 0 Å². The molecule has 1 aliphatic rings. The number of hydrogen-bond acceptors (Lipinski definition) is 3. The number of rotatable bonds is 8. The van der Waals surface area contributed by atoms with E-state index in [0.717, 1.165) is 45.7 Å². The molecule has 4 nitrogen and oxygen atoms in total. The highest BCUT2D eigenvalue weighted by molar-refractivity contribution is 5.78. The lowest BCUT2D eigenvalue weighted by atomic mass is 10.1. The van der Waals surface area contributed by atoms with Crippen LogP contribution in [0, 0.1) is 0 Å². The van der Waals surface area contributed by atoms with Gasteiger partial charge < -0.3 is 4.90 Å². The Morgan fingerprint density at radius 3 is 1.86 bits per heavy atom. The summed E-state index contributed by atoms with van der Waals surface area (Å²) in [5.74, 6) is 0.246. The summed E-state index contributed by atoms with van der Waals surface area (Å²) < 4.78 is 0. The number of nitrogens with zero attached hydrogens (tertiary/aromatic N) is 3. The Bertz CT molecular complexity index is 670. The fourth-order valence-electron chi connectivity index (χ4n) is 3.81. The highest BCUT2D eigenvalue weighted by Gasteiger charge is 2.24. The maximum absolute atomic E-state index is 13.0. The van der Waals surface area contributed by atoms with Crippen LogP contribution in [-0.4, -0.2) is 59.4 Å². The average molecular weight is 380 g/mol. The molecule has 0 saturated carbocycles.